The number of aromatic nitrogens is 1. The molecular formula is C24H24N2O5S. The molecule has 7 nitrogen and oxygen atoms in total. The molecule has 2 aromatic carbocycles. The van der Waals surface area contributed by atoms with Crippen molar-refractivity contribution in [1.29, 1.82) is 0 Å². The van der Waals surface area contributed by atoms with Crippen LogP contribution in [0.15, 0.2) is 53.9 Å². The summed E-state index contributed by atoms with van der Waals surface area (Å²) in [5, 5.41) is 2.60. The number of hydrogen-bond acceptors (Lipinski definition) is 7. The van der Waals surface area contributed by atoms with E-state index in [1.165, 1.54) is 11.3 Å². The van der Waals surface area contributed by atoms with Crippen LogP contribution in [-0.2, 0) is 27.5 Å². The van der Waals surface area contributed by atoms with E-state index in [-0.39, 0.29) is 24.9 Å². The van der Waals surface area contributed by atoms with Crippen LogP contribution in [-0.4, -0.2) is 42.5 Å². The molecule has 0 unspecified atom stereocenters. The summed E-state index contributed by atoms with van der Waals surface area (Å²) in [6, 6.07) is 15.3. The maximum absolute atomic E-state index is 12.6. The Morgan fingerprint density at radius 3 is 2.69 bits per heavy atom. The second-order valence-electron chi connectivity index (χ2n) is 7.45. The van der Waals surface area contributed by atoms with Crippen LogP contribution in [0.4, 0.5) is 0 Å². The number of benzene rings is 2. The molecule has 4 rings (SSSR count). The predicted octanol–water partition coefficient (Wildman–Crippen LogP) is 3.92. The van der Waals surface area contributed by atoms with Crippen molar-refractivity contribution in [2.75, 3.05) is 20.8 Å². The van der Waals surface area contributed by atoms with E-state index in [0.29, 0.717) is 30.3 Å². The van der Waals surface area contributed by atoms with Crippen molar-refractivity contribution in [2.45, 2.75) is 19.6 Å². The summed E-state index contributed by atoms with van der Waals surface area (Å²) in [5.41, 5.74) is 2.50. The first-order valence-electron chi connectivity index (χ1n) is 10.2. The van der Waals surface area contributed by atoms with Crippen molar-refractivity contribution in [3.05, 3.63) is 65.2 Å². The van der Waals surface area contributed by atoms with Gasteiger partial charge in [0.15, 0.2) is 11.5 Å². The number of para-hydroxylation sites is 1. The van der Waals surface area contributed by atoms with E-state index in [0.717, 1.165) is 16.1 Å². The first kappa shape index (κ1) is 21.8. The molecule has 0 saturated carbocycles. The highest BCUT2D eigenvalue weighted by atomic mass is 32.1. The van der Waals surface area contributed by atoms with Gasteiger partial charge in [-0.15, -0.1) is 11.3 Å². The molecule has 32 heavy (non-hydrogen) atoms. The number of hydrogen-bond donors (Lipinski definition) is 0. The van der Waals surface area contributed by atoms with Crippen LogP contribution in [0.1, 0.15) is 17.7 Å². The SMILES string of the molecule is COc1cccc(-c2nc(COC(=O)[C@H]3CC(=O)N(Cc4ccccc4)C3)cs2)c1OC. The Bertz CT molecular complexity index is 1100. The van der Waals surface area contributed by atoms with Gasteiger partial charge in [0.05, 0.1) is 31.4 Å². The van der Waals surface area contributed by atoms with Gasteiger partial charge in [0.2, 0.25) is 5.91 Å². The zero-order valence-corrected chi connectivity index (χ0v) is 18.8. The van der Waals surface area contributed by atoms with E-state index in [9.17, 15) is 9.59 Å². The van der Waals surface area contributed by atoms with Crippen molar-refractivity contribution < 1.29 is 23.8 Å². The van der Waals surface area contributed by atoms with E-state index < -0.39 is 5.92 Å². The molecule has 1 atom stereocenters. The van der Waals surface area contributed by atoms with Gasteiger partial charge in [0.1, 0.15) is 11.6 Å². The van der Waals surface area contributed by atoms with Crippen LogP contribution in [0, 0.1) is 5.92 Å². The second-order valence-corrected chi connectivity index (χ2v) is 8.31. The summed E-state index contributed by atoms with van der Waals surface area (Å²) in [5.74, 6) is 0.372. The van der Waals surface area contributed by atoms with E-state index in [1.54, 1.807) is 19.1 Å². The number of rotatable bonds is 8. The number of likely N-dealkylation sites (tertiary alicyclic amines) is 1. The molecular weight excluding hydrogens is 428 g/mol. The first-order valence-corrected chi connectivity index (χ1v) is 11.1. The third-order valence-corrected chi connectivity index (χ3v) is 6.24. The van der Waals surface area contributed by atoms with Crippen LogP contribution in [0.25, 0.3) is 10.6 Å². The van der Waals surface area contributed by atoms with Gasteiger partial charge in [0.25, 0.3) is 0 Å². The molecule has 3 aromatic rings. The zero-order valence-electron chi connectivity index (χ0n) is 17.9. The van der Waals surface area contributed by atoms with Gasteiger partial charge in [-0.05, 0) is 17.7 Å². The minimum absolute atomic E-state index is 0.0307. The molecule has 1 aliphatic heterocycles. The van der Waals surface area contributed by atoms with Crippen LogP contribution in [0.3, 0.4) is 0 Å². The van der Waals surface area contributed by atoms with E-state index >= 15 is 0 Å². The Morgan fingerprint density at radius 1 is 1.12 bits per heavy atom. The number of esters is 1. The first-order chi connectivity index (χ1) is 15.6. The molecule has 1 aliphatic rings. The molecule has 0 bridgehead atoms. The second kappa shape index (κ2) is 9.82. The number of thiazole rings is 1. The van der Waals surface area contributed by atoms with E-state index in [1.807, 2.05) is 53.9 Å². The highest BCUT2D eigenvalue weighted by Crippen LogP contribution is 2.39. The Kier molecular flexibility index (Phi) is 6.70. The number of nitrogens with zero attached hydrogens (tertiary/aromatic N) is 2. The zero-order chi connectivity index (χ0) is 22.5. The quantitative estimate of drug-likeness (QED) is 0.482. The lowest BCUT2D eigenvalue weighted by Gasteiger charge is -2.16. The molecule has 1 saturated heterocycles. The van der Waals surface area contributed by atoms with Crippen molar-refractivity contribution >= 4 is 23.2 Å². The smallest absolute Gasteiger partial charge is 0.311 e. The third-order valence-electron chi connectivity index (χ3n) is 5.31. The number of methoxy groups -OCH3 is 2. The lowest BCUT2D eigenvalue weighted by Crippen LogP contribution is -2.26. The summed E-state index contributed by atoms with van der Waals surface area (Å²) in [6.07, 6.45) is 0.176. The fourth-order valence-corrected chi connectivity index (χ4v) is 4.53. The average molecular weight is 453 g/mol. The molecule has 0 spiro atoms. The third kappa shape index (κ3) is 4.75. The summed E-state index contributed by atoms with van der Waals surface area (Å²) < 4.78 is 16.3. The Hall–Kier alpha value is -3.39. The molecule has 0 N–H and O–H groups in total. The van der Waals surface area contributed by atoms with Crippen LogP contribution < -0.4 is 9.47 Å². The van der Waals surface area contributed by atoms with Gasteiger partial charge >= 0.3 is 5.97 Å². The highest BCUT2D eigenvalue weighted by molar-refractivity contribution is 7.13. The van der Waals surface area contributed by atoms with Gasteiger partial charge in [-0.25, -0.2) is 4.98 Å². The van der Waals surface area contributed by atoms with Gasteiger partial charge in [-0.2, -0.15) is 0 Å². The number of carbonyl (C=O) groups excluding carboxylic acids is 2. The van der Waals surface area contributed by atoms with Gasteiger partial charge < -0.3 is 19.1 Å². The van der Waals surface area contributed by atoms with Crippen molar-refractivity contribution in [1.82, 2.24) is 9.88 Å². The molecule has 0 aliphatic carbocycles. The largest absolute Gasteiger partial charge is 0.493 e. The Labute approximate surface area is 190 Å². The van der Waals surface area contributed by atoms with Crippen molar-refractivity contribution in [3.63, 3.8) is 0 Å². The lowest BCUT2D eigenvalue weighted by molar-refractivity contribution is -0.149. The predicted molar refractivity (Wildman–Crippen MR) is 120 cm³/mol. The molecule has 1 fully saturated rings. The van der Waals surface area contributed by atoms with Gasteiger partial charge in [-0.3, -0.25) is 9.59 Å². The maximum atomic E-state index is 12.6. The number of ether oxygens (including phenoxy) is 3. The van der Waals surface area contributed by atoms with Gasteiger partial charge in [-0.1, -0.05) is 36.4 Å². The number of amides is 1. The summed E-state index contributed by atoms with van der Waals surface area (Å²) >= 11 is 1.44. The normalized spacial score (nSPS) is 15.6. The van der Waals surface area contributed by atoms with E-state index in [4.69, 9.17) is 14.2 Å². The minimum atomic E-state index is -0.456. The highest BCUT2D eigenvalue weighted by Gasteiger charge is 2.35. The lowest BCUT2D eigenvalue weighted by atomic mass is 10.1. The Morgan fingerprint density at radius 2 is 1.94 bits per heavy atom. The average Bonchev–Trinajstić information content (AvgIpc) is 3.44. The van der Waals surface area contributed by atoms with E-state index in [2.05, 4.69) is 4.98 Å². The minimum Gasteiger partial charge on any atom is -0.493 e. The van der Waals surface area contributed by atoms with Crippen molar-refractivity contribution in [3.8, 4) is 22.1 Å². The monoisotopic (exact) mass is 452 g/mol. The molecule has 0 radical (unpaired) electrons. The molecule has 8 heteroatoms. The van der Waals surface area contributed by atoms with Crippen LogP contribution in [0.5, 0.6) is 11.5 Å². The topological polar surface area (TPSA) is 78.0 Å². The van der Waals surface area contributed by atoms with Crippen LogP contribution >= 0.6 is 11.3 Å². The summed E-state index contributed by atoms with van der Waals surface area (Å²) in [4.78, 5) is 31.2. The fraction of sp³-hybridized carbons (Fsp3) is 0.292. The molecule has 1 aromatic heterocycles. The summed E-state index contributed by atoms with van der Waals surface area (Å²) in [7, 11) is 3.17. The van der Waals surface area contributed by atoms with Crippen molar-refractivity contribution in [2.24, 2.45) is 5.92 Å². The molecule has 166 valence electrons. The maximum Gasteiger partial charge on any atom is 0.311 e. The molecule has 2 heterocycles. The molecule has 1 amide bonds. The van der Waals surface area contributed by atoms with Crippen LogP contribution in [0.2, 0.25) is 0 Å². The summed E-state index contributed by atoms with van der Waals surface area (Å²) in [6.45, 7) is 0.933. The Balaban J connectivity index is 1.35. The standard InChI is InChI=1S/C24H24N2O5S/c1-29-20-10-6-9-19(22(20)30-2)23-25-18(15-32-23)14-31-24(28)17-11-21(27)26(13-17)12-16-7-4-3-5-8-16/h3-10,15,17H,11-14H2,1-2H3/t17-/m0/s1. The van der Waals surface area contributed by atoms with Gasteiger partial charge in [0, 0.05) is 24.9 Å². The fourth-order valence-electron chi connectivity index (χ4n) is 3.70. The number of carbonyl (C=O) groups is 2.